The van der Waals surface area contributed by atoms with Crippen LogP contribution in [0, 0.1) is 0 Å². The van der Waals surface area contributed by atoms with E-state index in [9.17, 15) is 39.6 Å². The molecule has 0 radical (unpaired) electrons. The van der Waals surface area contributed by atoms with Crippen molar-refractivity contribution in [3.05, 3.63) is 35.6 Å². The molecule has 1 aromatic rings. The van der Waals surface area contributed by atoms with Gasteiger partial charge in [-0.3, -0.25) is 0 Å². The van der Waals surface area contributed by atoms with E-state index in [1.165, 1.54) is 13.8 Å². The molecule has 0 bridgehead atoms. The summed E-state index contributed by atoms with van der Waals surface area (Å²) in [4.78, 5) is 11.8. The van der Waals surface area contributed by atoms with E-state index in [0.717, 1.165) is 30.5 Å². The summed E-state index contributed by atoms with van der Waals surface area (Å²) in [7, 11) is -3.60. The second kappa shape index (κ2) is 6.68. The summed E-state index contributed by atoms with van der Waals surface area (Å²) in [5.74, 6) is -2.73. The van der Waals surface area contributed by atoms with Gasteiger partial charge in [-0.25, -0.2) is 13.2 Å². The van der Waals surface area contributed by atoms with Crippen LogP contribution >= 0.6 is 0 Å². The lowest BCUT2D eigenvalue weighted by Crippen LogP contribution is -2.44. The van der Waals surface area contributed by atoms with Gasteiger partial charge in [-0.05, 0) is 31.5 Å². The first-order chi connectivity index (χ1) is 12.4. The van der Waals surface area contributed by atoms with E-state index >= 15 is 0 Å². The molecule has 0 spiro atoms. The van der Waals surface area contributed by atoms with Gasteiger partial charge < -0.3 is 9.47 Å². The molecule has 1 aliphatic heterocycles. The van der Waals surface area contributed by atoms with E-state index in [0.29, 0.717) is 0 Å². The standard InChI is InChI=1S/C16H14F6O5S/c1-14(2)10(8-4-6-9(7-5-8)28(3,24)25)11(12(23)27-14)26-13(15(17,18)19)16(20,21)22/h4-7,13H,1-3H3. The van der Waals surface area contributed by atoms with Crippen molar-refractivity contribution in [1.82, 2.24) is 0 Å². The second-order valence-electron chi connectivity index (χ2n) is 6.48. The number of alkyl halides is 6. The zero-order chi connectivity index (χ0) is 21.7. The van der Waals surface area contributed by atoms with E-state index < -0.39 is 45.6 Å². The van der Waals surface area contributed by atoms with Crippen molar-refractivity contribution in [2.45, 2.75) is 42.8 Å². The summed E-state index contributed by atoms with van der Waals surface area (Å²) < 4.78 is 109. The molecule has 0 N–H and O–H groups in total. The van der Waals surface area contributed by atoms with Crippen molar-refractivity contribution in [1.29, 1.82) is 0 Å². The average molecular weight is 432 g/mol. The Morgan fingerprint density at radius 1 is 1.00 bits per heavy atom. The molecule has 0 unspecified atom stereocenters. The topological polar surface area (TPSA) is 69.7 Å². The van der Waals surface area contributed by atoms with E-state index in [1.807, 2.05) is 0 Å². The van der Waals surface area contributed by atoms with Crippen LogP contribution in [0.3, 0.4) is 0 Å². The van der Waals surface area contributed by atoms with Crippen LogP contribution in [0.1, 0.15) is 19.4 Å². The Balaban J connectivity index is 2.61. The summed E-state index contributed by atoms with van der Waals surface area (Å²) >= 11 is 0. The summed E-state index contributed by atoms with van der Waals surface area (Å²) in [5, 5.41) is 0. The van der Waals surface area contributed by atoms with Gasteiger partial charge in [-0.15, -0.1) is 0 Å². The zero-order valence-electron chi connectivity index (χ0n) is 14.6. The Kier molecular flexibility index (Phi) is 5.26. The van der Waals surface area contributed by atoms with Gasteiger partial charge in [0.1, 0.15) is 5.60 Å². The van der Waals surface area contributed by atoms with E-state index in [4.69, 9.17) is 4.74 Å². The number of esters is 1. The summed E-state index contributed by atoms with van der Waals surface area (Å²) in [6, 6.07) is 4.46. The van der Waals surface area contributed by atoms with Crippen molar-refractivity contribution in [2.24, 2.45) is 0 Å². The van der Waals surface area contributed by atoms with E-state index in [-0.39, 0.29) is 16.0 Å². The van der Waals surface area contributed by atoms with E-state index in [2.05, 4.69) is 4.74 Å². The van der Waals surface area contributed by atoms with Crippen LogP contribution in [0.4, 0.5) is 26.3 Å². The van der Waals surface area contributed by atoms with Crippen LogP contribution in [-0.4, -0.2) is 44.7 Å². The van der Waals surface area contributed by atoms with Crippen LogP contribution in [-0.2, 0) is 24.1 Å². The number of carbonyl (C=O) groups excluding carboxylic acids is 1. The maximum absolute atomic E-state index is 12.8. The molecule has 0 saturated carbocycles. The zero-order valence-corrected chi connectivity index (χ0v) is 15.4. The SMILES string of the molecule is CC1(C)OC(=O)C(OC(C(F)(F)F)C(F)(F)F)=C1c1ccc(S(C)(=O)=O)cc1. The summed E-state index contributed by atoms with van der Waals surface area (Å²) in [5.41, 5.74) is -2.00. The highest BCUT2D eigenvalue weighted by Gasteiger charge is 2.61. The number of cyclic esters (lactones) is 1. The molecule has 0 aromatic heterocycles. The number of halogens is 6. The molecule has 0 aliphatic carbocycles. The van der Waals surface area contributed by atoms with Gasteiger partial charge >= 0.3 is 18.3 Å². The van der Waals surface area contributed by atoms with Crippen LogP contribution in [0.5, 0.6) is 0 Å². The third-order valence-electron chi connectivity index (χ3n) is 3.76. The predicted molar refractivity (Wildman–Crippen MR) is 83.6 cm³/mol. The Labute approximate surface area is 155 Å². The highest BCUT2D eigenvalue weighted by atomic mass is 32.2. The Bertz CT molecular complexity index is 896. The average Bonchev–Trinajstić information content (AvgIpc) is 2.70. The molecule has 0 saturated heterocycles. The molecule has 5 nitrogen and oxygen atoms in total. The lowest BCUT2D eigenvalue weighted by Gasteiger charge is -2.24. The Hall–Kier alpha value is -2.24. The molecule has 1 heterocycles. The number of carbonyl (C=O) groups is 1. The number of hydrogen-bond donors (Lipinski definition) is 0. The van der Waals surface area contributed by atoms with Crippen LogP contribution < -0.4 is 0 Å². The summed E-state index contributed by atoms with van der Waals surface area (Å²) in [6.07, 6.45) is -15.0. The molecule has 1 aliphatic rings. The predicted octanol–water partition coefficient (Wildman–Crippen LogP) is 3.65. The molecule has 0 amide bonds. The first-order valence-corrected chi connectivity index (χ1v) is 9.42. The number of hydrogen-bond acceptors (Lipinski definition) is 5. The fourth-order valence-corrected chi connectivity index (χ4v) is 3.23. The number of ether oxygens (including phenoxy) is 2. The van der Waals surface area contributed by atoms with Crippen molar-refractivity contribution in [2.75, 3.05) is 6.26 Å². The normalized spacial score (nSPS) is 17.9. The van der Waals surface area contributed by atoms with Gasteiger partial charge in [0.25, 0.3) is 6.10 Å². The molecular formula is C16H14F6O5S. The lowest BCUT2D eigenvalue weighted by molar-refractivity contribution is -0.312. The minimum Gasteiger partial charge on any atom is -0.463 e. The number of benzene rings is 1. The highest BCUT2D eigenvalue weighted by Crippen LogP contribution is 2.44. The van der Waals surface area contributed by atoms with Crippen LogP contribution in [0.25, 0.3) is 5.57 Å². The van der Waals surface area contributed by atoms with Crippen LogP contribution in [0.15, 0.2) is 34.9 Å². The van der Waals surface area contributed by atoms with Gasteiger partial charge in [-0.1, -0.05) is 12.1 Å². The molecule has 0 atom stereocenters. The maximum atomic E-state index is 12.8. The Morgan fingerprint density at radius 3 is 1.86 bits per heavy atom. The van der Waals surface area contributed by atoms with Crippen molar-refractivity contribution in [3.8, 4) is 0 Å². The molecular weight excluding hydrogens is 418 g/mol. The highest BCUT2D eigenvalue weighted by molar-refractivity contribution is 7.90. The Morgan fingerprint density at radius 2 is 1.46 bits per heavy atom. The third-order valence-corrected chi connectivity index (χ3v) is 4.89. The largest absolute Gasteiger partial charge is 0.463 e. The van der Waals surface area contributed by atoms with Crippen molar-refractivity contribution in [3.63, 3.8) is 0 Å². The van der Waals surface area contributed by atoms with Gasteiger partial charge in [0.05, 0.1) is 10.5 Å². The first kappa shape index (κ1) is 22.1. The second-order valence-corrected chi connectivity index (χ2v) is 8.50. The lowest BCUT2D eigenvalue weighted by atomic mass is 9.92. The minimum absolute atomic E-state index is 0.0265. The van der Waals surface area contributed by atoms with Gasteiger partial charge in [0.15, 0.2) is 9.84 Å². The van der Waals surface area contributed by atoms with Crippen LogP contribution in [0.2, 0.25) is 0 Å². The van der Waals surface area contributed by atoms with Crippen molar-refractivity contribution < 1.29 is 49.0 Å². The van der Waals surface area contributed by atoms with E-state index in [1.54, 1.807) is 0 Å². The monoisotopic (exact) mass is 432 g/mol. The molecule has 0 fully saturated rings. The smallest absolute Gasteiger partial charge is 0.434 e. The molecule has 156 valence electrons. The fourth-order valence-electron chi connectivity index (χ4n) is 2.60. The molecule has 2 rings (SSSR count). The molecule has 12 heteroatoms. The number of rotatable bonds is 4. The number of sulfone groups is 1. The van der Waals surface area contributed by atoms with Gasteiger partial charge in [0, 0.05) is 6.26 Å². The van der Waals surface area contributed by atoms with Gasteiger partial charge in [-0.2, -0.15) is 26.3 Å². The van der Waals surface area contributed by atoms with Crippen molar-refractivity contribution >= 4 is 21.4 Å². The minimum atomic E-state index is -5.83. The molecule has 28 heavy (non-hydrogen) atoms. The summed E-state index contributed by atoms with van der Waals surface area (Å²) in [6.45, 7) is 2.49. The third kappa shape index (κ3) is 4.42. The quantitative estimate of drug-likeness (QED) is 0.537. The maximum Gasteiger partial charge on any atom is 0.434 e. The first-order valence-electron chi connectivity index (χ1n) is 7.53. The van der Waals surface area contributed by atoms with Gasteiger partial charge in [0.2, 0.25) is 5.76 Å². The molecule has 1 aromatic carbocycles. The fraction of sp³-hybridized carbons (Fsp3) is 0.438.